The molecule has 3 rings (SSSR count). The predicted octanol–water partition coefficient (Wildman–Crippen LogP) is 2.29. The zero-order chi connectivity index (χ0) is 18.2. The van der Waals surface area contributed by atoms with Crippen LogP contribution in [0.1, 0.15) is 6.42 Å². The number of phenols is 1. The molecule has 0 atom stereocenters. The first-order chi connectivity index (χ1) is 12.7. The van der Waals surface area contributed by atoms with Gasteiger partial charge < -0.3 is 20.6 Å². The van der Waals surface area contributed by atoms with E-state index in [1.807, 2.05) is 18.5 Å². The highest BCUT2D eigenvalue weighted by molar-refractivity contribution is 7.80. The van der Waals surface area contributed by atoms with Crippen molar-refractivity contribution in [2.75, 3.05) is 49.5 Å². The van der Waals surface area contributed by atoms with E-state index in [4.69, 9.17) is 12.2 Å². The summed E-state index contributed by atoms with van der Waals surface area (Å²) >= 11 is 5.29. The van der Waals surface area contributed by atoms with Crippen molar-refractivity contribution in [1.82, 2.24) is 15.2 Å². The lowest BCUT2D eigenvalue weighted by atomic mass is 10.2. The number of aromatic nitrogens is 1. The predicted molar refractivity (Wildman–Crippen MR) is 110 cm³/mol. The minimum absolute atomic E-state index is 0.226. The van der Waals surface area contributed by atoms with E-state index >= 15 is 0 Å². The van der Waals surface area contributed by atoms with E-state index in [1.54, 1.807) is 18.2 Å². The molecule has 1 aliphatic rings. The average Bonchev–Trinajstić information content (AvgIpc) is 2.66. The van der Waals surface area contributed by atoms with Crippen LogP contribution in [0.2, 0.25) is 0 Å². The number of rotatable bonds is 6. The number of aromatic hydroxyl groups is 1. The summed E-state index contributed by atoms with van der Waals surface area (Å²) in [5, 5.41) is 16.3. The summed E-state index contributed by atoms with van der Waals surface area (Å²) in [5.41, 5.74) is 2.04. The number of hydrogen-bond acceptors (Lipinski definition) is 5. The number of piperazine rings is 1. The Morgan fingerprint density at radius 3 is 2.62 bits per heavy atom. The Bertz CT molecular complexity index is 704. The molecule has 0 amide bonds. The molecule has 1 fully saturated rings. The van der Waals surface area contributed by atoms with Crippen LogP contribution in [0, 0.1) is 0 Å². The largest absolute Gasteiger partial charge is 0.508 e. The van der Waals surface area contributed by atoms with E-state index in [0.717, 1.165) is 51.4 Å². The first-order valence-electron chi connectivity index (χ1n) is 8.92. The molecular weight excluding hydrogens is 346 g/mol. The Labute approximate surface area is 159 Å². The summed E-state index contributed by atoms with van der Waals surface area (Å²) in [4.78, 5) is 8.98. The number of nitrogens with one attached hydrogen (secondary N) is 2. The third kappa shape index (κ3) is 5.57. The number of phenolic OH excluding ortho intramolecular Hbond substituents is 1. The van der Waals surface area contributed by atoms with Crippen molar-refractivity contribution in [3.8, 4) is 5.75 Å². The number of hydrogen-bond donors (Lipinski definition) is 3. The molecule has 1 aromatic heterocycles. The molecule has 2 aromatic rings. The van der Waals surface area contributed by atoms with Crippen molar-refractivity contribution in [2.45, 2.75) is 6.42 Å². The van der Waals surface area contributed by atoms with Crippen LogP contribution in [0.3, 0.4) is 0 Å². The van der Waals surface area contributed by atoms with Gasteiger partial charge in [-0.05, 0) is 49.4 Å². The zero-order valence-corrected chi connectivity index (χ0v) is 15.6. The Hall–Kier alpha value is -2.38. The highest BCUT2D eigenvalue weighted by Gasteiger charge is 2.16. The molecule has 0 bridgehead atoms. The summed E-state index contributed by atoms with van der Waals surface area (Å²) in [6, 6.07) is 11.1. The number of nitrogens with zero attached hydrogens (tertiary/aromatic N) is 3. The van der Waals surface area contributed by atoms with Gasteiger partial charge in [-0.3, -0.25) is 9.88 Å². The van der Waals surface area contributed by atoms with Crippen molar-refractivity contribution < 1.29 is 5.11 Å². The molecule has 6 nitrogen and oxygen atoms in total. The SMILES string of the molecule is Oc1cccc(NC(=S)NCCCN2CCN(c3ccncc3)CC2)c1. The normalized spacial score (nSPS) is 14.8. The molecular formula is C19H25N5OS. The molecule has 0 saturated carbocycles. The van der Waals surface area contributed by atoms with Crippen LogP contribution < -0.4 is 15.5 Å². The van der Waals surface area contributed by atoms with Crippen molar-refractivity contribution in [3.05, 3.63) is 48.8 Å². The smallest absolute Gasteiger partial charge is 0.170 e. The number of pyridine rings is 1. The number of anilines is 2. The summed E-state index contributed by atoms with van der Waals surface area (Å²) in [6.07, 6.45) is 4.74. The first-order valence-corrected chi connectivity index (χ1v) is 9.33. The highest BCUT2D eigenvalue weighted by Crippen LogP contribution is 2.15. The molecule has 138 valence electrons. The maximum atomic E-state index is 9.46. The zero-order valence-electron chi connectivity index (χ0n) is 14.8. The number of benzene rings is 1. The minimum atomic E-state index is 0.226. The second kappa shape index (κ2) is 9.35. The molecule has 0 unspecified atom stereocenters. The lowest BCUT2D eigenvalue weighted by Crippen LogP contribution is -2.47. The maximum Gasteiger partial charge on any atom is 0.170 e. The van der Waals surface area contributed by atoms with Crippen LogP contribution in [0.5, 0.6) is 5.75 Å². The van der Waals surface area contributed by atoms with E-state index in [9.17, 15) is 5.11 Å². The Balaban J connectivity index is 1.30. The van der Waals surface area contributed by atoms with Crippen LogP contribution in [-0.2, 0) is 0 Å². The molecule has 1 aromatic carbocycles. The van der Waals surface area contributed by atoms with Gasteiger partial charge in [0.15, 0.2) is 5.11 Å². The lowest BCUT2D eigenvalue weighted by molar-refractivity contribution is 0.255. The van der Waals surface area contributed by atoms with Crippen molar-refractivity contribution in [1.29, 1.82) is 0 Å². The monoisotopic (exact) mass is 371 g/mol. The van der Waals surface area contributed by atoms with Crippen molar-refractivity contribution in [2.24, 2.45) is 0 Å². The Kier molecular flexibility index (Phi) is 6.62. The average molecular weight is 372 g/mol. The molecule has 0 spiro atoms. The minimum Gasteiger partial charge on any atom is -0.508 e. The van der Waals surface area contributed by atoms with Gasteiger partial charge in [0.05, 0.1) is 0 Å². The molecule has 26 heavy (non-hydrogen) atoms. The standard InChI is InChI=1S/C19H25N5OS/c25-18-4-1-3-16(15-18)22-19(26)21-7-2-10-23-11-13-24(14-12-23)17-5-8-20-9-6-17/h1,3-6,8-9,15,25H,2,7,10-14H2,(H2,21,22,26). The molecule has 1 aliphatic heterocycles. The van der Waals surface area contributed by atoms with Crippen LogP contribution in [0.25, 0.3) is 0 Å². The second-order valence-corrected chi connectivity index (χ2v) is 6.73. The van der Waals surface area contributed by atoms with Gasteiger partial charge >= 0.3 is 0 Å². The van der Waals surface area contributed by atoms with E-state index in [-0.39, 0.29) is 5.75 Å². The quantitative estimate of drug-likeness (QED) is 0.532. The van der Waals surface area contributed by atoms with Crippen LogP contribution in [0.15, 0.2) is 48.8 Å². The molecule has 2 heterocycles. The van der Waals surface area contributed by atoms with Crippen molar-refractivity contribution in [3.63, 3.8) is 0 Å². The highest BCUT2D eigenvalue weighted by atomic mass is 32.1. The molecule has 3 N–H and O–H groups in total. The van der Waals surface area contributed by atoms with E-state index in [2.05, 4.69) is 37.6 Å². The summed E-state index contributed by atoms with van der Waals surface area (Å²) in [5.74, 6) is 0.226. The van der Waals surface area contributed by atoms with Crippen LogP contribution >= 0.6 is 12.2 Å². The maximum absolute atomic E-state index is 9.46. The third-order valence-corrected chi connectivity index (χ3v) is 4.69. The molecule has 0 aliphatic carbocycles. The Morgan fingerprint density at radius 1 is 1.12 bits per heavy atom. The summed E-state index contributed by atoms with van der Waals surface area (Å²) in [7, 11) is 0. The summed E-state index contributed by atoms with van der Waals surface area (Å²) in [6.45, 7) is 6.15. The van der Waals surface area contributed by atoms with Gasteiger partial charge in [-0.1, -0.05) is 6.07 Å². The van der Waals surface area contributed by atoms with Gasteiger partial charge in [0, 0.05) is 62.6 Å². The van der Waals surface area contributed by atoms with E-state index in [1.165, 1.54) is 5.69 Å². The molecule has 1 saturated heterocycles. The topological polar surface area (TPSA) is 63.7 Å². The van der Waals surface area contributed by atoms with Gasteiger partial charge in [-0.2, -0.15) is 0 Å². The van der Waals surface area contributed by atoms with Gasteiger partial charge in [-0.15, -0.1) is 0 Å². The van der Waals surface area contributed by atoms with Gasteiger partial charge in [0.1, 0.15) is 5.75 Å². The van der Waals surface area contributed by atoms with Crippen LogP contribution in [0.4, 0.5) is 11.4 Å². The van der Waals surface area contributed by atoms with Crippen LogP contribution in [-0.4, -0.2) is 59.4 Å². The molecule has 0 radical (unpaired) electrons. The first kappa shape index (κ1) is 18.4. The number of thiocarbonyl (C=S) groups is 1. The Morgan fingerprint density at radius 2 is 1.88 bits per heavy atom. The van der Waals surface area contributed by atoms with Gasteiger partial charge in [0.2, 0.25) is 0 Å². The van der Waals surface area contributed by atoms with E-state index in [0.29, 0.717) is 5.11 Å². The van der Waals surface area contributed by atoms with Crippen molar-refractivity contribution >= 4 is 28.7 Å². The third-order valence-electron chi connectivity index (χ3n) is 4.44. The fourth-order valence-corrected chi connectivity index (χ4v) is 3.27. The molecule has 7 heteroatoms. The fourth-order valence-electron chi connectivity index (χ4n) is 3.05. The fraction of sp³-hybridized carbons (Fsp3) is 0.368. The lowest BCUT2D eigenvalue weighted by Gasteiger charge is -2.36. The van der Waals surface area contributed by atoms with E-state index < -0.39 is 0 Å². The second-order valence-electron chi connectivity index (χ2n) is 6.32. The van der Waals surface area contributed by atoms with Gasteiger partial charge in [0.25, 0.3) is 0 Å². The van der Waals surface area contributed by atoms with Gasteiger partial charge in [-0.25, -0.2) is 0 Å². The summed E-state index contributed by atoms with van der Waals surface area (Å²) < 4.78 is 0.